The molecule has 0 atom stereocenters. The number of rotatable bonds is 3. The Balaban J connectivity index is 2.50. The average molecular weight is 333 g/mol. The molecule has 0 unspecified atom stereocenters. The monoisotopic (exact) mass is 331 g/mol. The summed E-state index contributed by atoms with van der Waals surface area (Å²) in [5.41, 5.74) is 5.64. The fourth-order valence-electron chi connectivity index (χ4n) is 1.58. The molecule has 20 heavy (non-hydrogen) atoms. The van der Waals surface area contributed by atoms with Crippen LogP contribution in [-0.2, 0) is 0 Å². The summed E-state index contributed by atoms with van der Waals surface area (Å²) in [5.74, 6) is -0.953. The Labute approximate surface area is 129 Å². The van der Waals surface area contributed by atoms with Gasteiger partial charge in [-0.2, -0.15) is 0 Å². The van der Waals surface area contributed by atoms with Gasteiger partial charge in [-0.3, -0.25) is 0 Å². The topological polar surface area (TPSA) is 72.5 Å². The molecule has 0 aliphatic rings. The summed E-state index contributed by atoms with van der Waals surface area (Å²) in [6.07, 6.45) is 0. The van der Waals surface area contributed by atoms with Crippen LogP contribution < -0.4 is 10.5 Å². The molecule has 0 saturated carbocycles. The molecular formula is C13H8Cl3NO3. The van der Waals surface area contributed by atoms with Crippen molar-refractivity contribution < 1.29 is 14.6 Å². The molecule has 0 aliphatic heterocycles. The Morgan fingerprint density at radius 3 is 2.20 bits per heavy atom. The van der Waals surface area contributed by atoms with Gasteiger partial charge >= 0.3 is 5.97 Å². The molecule has 0 aromatic heterocycles. The first-order valence-corrected chi connectivity index (χ1v) is 6.46. The molecule has 2 rings (SSSR count). The minimum absolute atomic E-state index is 0.0216. The van der Waals surface area contributed by atoms with Crippen LogP contribution in [0.5, 0.6) is 11.5 Å². The Bertz CT molecular complexity index is 669. The van der Waals surface area contributed by atoms with Gasteiger partial charge in [0.05, 0.1) is 5.02 Å². The number of aromatic carboxylic acids is 1. The van der Waals surface area contributed by atoms with Crippen molar-refractivity contribution in [1.29, 1.82) is 0 Å². The molecule has 2 aromatic carbocycles. The van der Waals surface area contributed by atoms with Gasteiger partial charge < -0.3 is 15.6 Å². The second kappa shape index (κ2) is 5.79. The summed E-state index contributed by atoms with van der Waals surface area (Å²) in [6.45, 7) is 0. The number of carboxylic acid groups (broad SMARTS) is 1. The summed E-state index contributed by atoms with van der Waals surface area (Å²) in [6, 6.07) is 7.17. The lowest BCUT2D eigenvalue weighted by atomic mass is 10.2. The Hall–Kier alpha value is -1.62. The highest BCUT2D eigenvalue weighted by Crippen LogP contribution is 2.36. The number of carbonyl (C=O) groups is 1. The number of benzene rings is 2. The van der Waals surface area contributed by atoms with Crippen LogP contribution >= 0.6 is 34.8 Å². The van der Waals surface area contributed by atoms with Crippen molar-refractivity contribution in [2.75, 3.05) is 5.73 Å². The van der Waals surface area contributed by atoms with Crippen LogP contribution in [0.4, 0.5) is 5.69 Å². The van der Waals surface area contributed by atoms with Crippen molar-refractivity contribution >= 4 is 46.5 Å². The largest absolute Gasteiger partial charge is 0.478 e. The first kappa shape index (κ1) is 14.8. The fraction of sp³-hybridized carbons (Fsp3) is 0. The van der Waals surface area contributed by atoms with Crippen LogP contribution in [0.1, 0.15) is 10.4 Å². The Morgan fingerprint density at radius 2 is 1.65 bits per heavy atom. The zero-order valence-electron chi connectivity index (χ0n) is 9.86. The van der Waals surface area contributed by atoms with Crippen molar-refractivity contribution in [3.8, 4) is 11.5 Å². The molecule has 0 bridgehead atoms. The van der Waals surface area contributed by atoms with E-state index in [9.17, 15) is 4.79 Å². The van der Waals surface area contributed by atoms with Gasteiger partial charge in [-0.15, -0.1) is 0 Å². The summed E-state index contributed by atoms with van der Waals surface area (Å²) in [5, 5.41) is 9.95. The highest BCUT2D eigenvalue weighted by atomic mass is 35.5. The van der Waals surface area contributed by atoms with E-state index >= 15 is 0 Å². The molecule has 0 spiro atoms. The molecule has 0 fully saturated rings. The molecule has 3 N–H and O–H groups in total. The van der Waals surface area contributed by atoms with E-state index in [1.807, 2.05) is 0 Å². The number of hydrogen-bond donors (Lipinski definition) is 2. The zero-order chi connectivity index (χ0) is 14.9. The normalized spacial score (nSPS) is 10.3. The van der Waals surface area contributed by atoms with Gasteiger partial charge in [0.2, 0.25) is 0 Å². The number of halogens is 3. The highest BCUT2D eigenvalue weighted by molar-refractivity contribution is 6.35. The second-order valence-corrected chi connectivity index (χ2v) is 5.17. The molecule has 2 aromatic rings. The second-order valence-electron chi connectivity index (χ2n) is 3.89. The van der Waals surface area contributed by atoms with Crippen LogP contribution in [0, 0.1) is 0 Å². The average Bonchev–Trinajstić information content (AvgIpc) is 2.30. The quantitative estimate of drug-likeness (QED) is 0.798. The summed E-state index contributed by atoms with van der Waals surface area (Å²) in [7, 11) is 0. The SMILES string of the molecule is Nc1cc(Cl)c(Oc2cc(Cl)cc(Cl)c2)c(C(=O)O)c1. The lowest BCUT2D eigenvalue weighted by Crippen LogP contribution is -2.02. The molecule has 0 heterocycles. The van der Waals surface area contributed by atoms with Gasteiger partial charge in [0.25, 0.3) is 0 Å². The summed E-state index contributed by atoms with van der Waals surface area (Å²) < 4.78 is 5.48. The van der Waals surface area contributed by atoms with Crippen LogP contribution in [0.2, 0.25) is 15.1 Å². The van der Waals surface area contributed by atoms with E-state index < -0.39 is 5.97 Å². The molecule has 0 saturated heterocycles. The van der Waals surface area contributed by atoms with Crippen molar-refractivity contribution in [3.63, 3.8) is 0 Å². The number of hydrogen-bond acceptors (Lipinski definition) is 3. The number of nitrogens with two attached hydrogens (primary N) is 1. The molecule has 0 radical (unpaired) electrons. The summed E-state index contributed by atoms with van der Waals surface area (Å²) in [4.78, 5) is 11.2. The van der Waals surface area contributed by atoms with Gasteiger partial charge in [0.1, 0.15) is 11.3 Å². The van der Waals surface area contributed by atoms with Crippen molar-refractivity contribution in [2.24, 2.45) is 0 Å². The fourth-order valence-corrected chi connectivity index (χ4v) is 2.35. The minimum Gasteiger partial charge on any atom is -0.478 e. The summed E-state index contributed by atoms with van der Waals surface area (Å²) >= 11 is 17.7. The number of anilines is 1. The Kier molecular flexibility index (Phi) is 4.28. The predicted molar refractivity (Wildman–Crippen MR) is 79.4 cm³/mol. The van der Waals surface area contributed by atoms with E-state index in [0.717, 1.165) is 0 Å². The van der Waals surface area contributed by atoms with Crippen molar-refractivity contribution in [3.05, 3.63) is 51.0 Å². The standard InChI is InChI=1S/C13H8Cl3NO3/c14-6-1-7(15)3-9(2-6)20-12-10(13(18)19)4-8(17)5-11(12)16/h1-5H,17H2,(H,18,19). The van der Waals surface area contributed by atoms with Crippen molar-refractivity contribution in [1.82, 2.24) is 0 Å². The molecular weight excluding hydrogens is 325 g/mol. The lowest BCUT2D eigenvalue weighted by molar-refractivity contribution is 0.0694. The van der Waals surface area contributed by atoms with Crippen LogP contribution in [0.3, 0.4) is 0 Å². The molecule has 7 heteroatoms. The van der Waals surface area contributed by atoms with E-state index in [-0.39, 0.29) is 27.8 Å². The van der Waals surface area contributed by atoms with E-state index in [1.54, 1.807) is 0 Å². The van der Waals surface area contributed by atoms with E-state index in [1.165, 1.54) is 30.3 Å². The number of carboxylic acids is 1. The first-order chi connectivity index (χ1) is 9.36. The van der Waals surface area contributed by atoms with Gasteiger partial charge in [-0.25, -0.2) is 4.79 Å². The third-order valence-electron chi connectivity index (χ3n) is 2.35. The van der Waals surface area contributed by atoms with Crippen LogP contribution in [0.25, 0.3) is 0 Å². The smallest absolute Gasteiger partial charge is 0.339 e. The van der Waals surface area contributed by atoms with Gasteiger partial charge in [-0.1, -0.05) is 34.8 Å². The maximum absolute atomic E-state index is 11.2. The minimum atomic E-state index is -1.21. The maximum Gasteiger partial charge on any atom is 0.339 e. The molecule has 0 aliphatic carbocycles. The third-order valence-corrected chi connectivity index (χ3v) is 3.07. The van der Waals surface area contributed by atoms with Crippen LogP contribution in [0.15, 0.2) is 30.3 Å². The zero-order valence-corrected chi connectivity index (χ0v) is 12.1. The van der Waals surface area contributed by atoms with Gasteiger partial charge in [0, 0.05) is 15.7 Å². The Morgan fingerprint density at radius 1 is 1.05 bits per heavy atom. The number of nitrogen functional groups attached to an aromatic ring is 1. The first-order valence-electron chi connectivity index (χ1n) is 5.33. The van der Waals surface area contributed by atoms with Gasteiger partial charge in [-0.05, 0) is 30.3 Å². The van der Waals surface area contributed by atoms with E-state index in [4.69, 9.17) is 50.4 Å². The number of ether oxygens (including phenoxy) is 1. The lowest BCUT2D eigenvalue weighted by Gasteiger charge is -2.12. The van der Waals surface area contributed by atoms with E-state index in [2.05, 4.69) is 0 Å². The maximum atomic E-state index is 11.2. The molecule has 104 valence electrons. The third kappa shape index (κ3) is 3.28. The predicted octanol–water partition coefficient (Wildman–Crippen LogP) is 4.72. The van der Waals surface area contributed by atoms with Gasteiger partial charge in [0.15, 0.2) is 5.75 Å². The highest BCUT2D eigenvalue weighted by Gasteiger charge is 2.17. The molecule has 0 amide bonds. The van der Waals surface area contributed by atoms with Crippen molar-refractivity contribution in [2.45, 2.75) is 0 Å². The van der Waals surface area contributed by atoms with Crippen LogP contribution in [-0.4, -0.2) is 11.1 Å². The molecule has 4 nitrogen and oxygen atoms in total. The van der Waals surface area contributed by atoms with E-state index in [0.29, 0.717) is 10.0 Å².